The lowest BCUT2D eigenvalue weighted by Gasteiger charge is -2.23. The van der Waals surface area contributed by atoms with Gasteiger partial charge in [-0.15, -0.1) is 11.3 Å². The Balaban J connectivity index is 1.55. The molecule has 1 N–H and O–H groups in total. The highest BCUT2D eigenvalue weighted by Crippen LogP contribution is 2.24. The van der Waals surface area contributed by atoms with Crippen molar-refractivity contribution < 1.29 is 9.18 Å². The number of benzene rings is 1. The van der Waals surface area contributed by atoms with Crippen LogP contribution < -0.4 is 5.32 Å². The minimum Gasteiger partial charge on any atom is -0.352 e. The van der Waals surface area contributed by atoms with Gasteiger partial charge in [-0.25, -0.2) is 9.37 Å². The predicted molar refractivity (Wildman–Crippen MR) is 99.1 cm³/mol. The van der Waals surface area contributed by atoms with Crippen molar-refractivity contribution in [3.63, 3.8) is 0 Å². The number of nitrogens with zero attached hydrogens (tertiary/aromatic N) is 2. The van der Waals surface area contributed by atoms with Gasteiger partial charge in [0.25, 0.3) is 0 Å². The van der Waals surface area contributed by atoms with Gasteiger partial charge in [0.15, 0.2) is 0 Å². The van der Waals surface area contributed by atoms with E-state index in [9.17, 15) is 9.18 Å². The van der Waals surface area contributed by atoms with E-state index in [0.29, 0.717) is 0 Å². The highest BCUT2D eigenvalue weighted by atomic mass is 32.1. The molecule has 134 valence electrons. The minimum absolute atomic E-state index is 0.00198. The van der Waals surface area contributed by atoms with E-state index in [1.807, 2.05) is 11.4 Å². The van der Waals surface area contributed by atoms with Gasteiger partial charge in [-0.05, 0) is 44.5 Å². The lowest BCUT2D eigenvalue weighted by molar-refractivity contribution is -0.121. The number of halogens is 1. The average molecular weight is 361 g/mol. The Morgan fingerprint density at radius 3 is 2.92 bits per heavy atom. The number of hydrogen-bond acceptors (Lipinski definition) is 4. The Morgan fingerprint density at radius 2 is 2.20 bits per heavy atom. The van der Waals surface area contributed by atoms with Crippen LogP contribution in [0.5, 0.6) is 0 Å². The Bertz CT molecular complexity index is 712. The first-order valence-corrected chi connectivity index (χ1v) is 9.74. The summed E-state index contributed by atoms with van der Waals surface area (Å²) >= 11 is 1.44. The van der Waals surface area contributed by atoms with E-state index in [1.54, 1.807) is 6.07 Å². The maximum absolute atomic E-state index is 13.3. The second-order valence-electron chi connectivity index (χ2n) is 6.51. The monoisotopic (exact) mass is 361 g/mol. The van der Waals surface area contributed by atoms with E-state index in [1.165, 1.54) is 36.3 Å². The summed E-state index contributed by atoms with van der Waals surface area (Å²) in [7, 11) is 0. The minimum atomic E-state index is -0.278. The van der Waals surface area contributed by atoms with Gasteiger partial charge in [-0.2, -0.15) is 0 Å². The van der Waals surface area contributed by atoms with Crippen LogP contribution in [0, 0.1) is 5.82 Å². The molecule has 1 aliphatic rings. The normalized spacial score (nSPS) is 16.1. The Morgan fingerprint density at radius 1 is 1.40 bits per heavy atom. The van der Waals surface area contributed by atoms with E-state index in [2.05, 4.69) is 22.1 Å². The molecule has 0 saturated carbocycles. The molecule has 2 heterocycles. The maximum Gasteiger partial charge on any atom is 0.226 e. The SMILES string of the molecule is CC[C@@H](CN1CCCC1)NC(=O)Cc1csc(-c2cccc(F)c2)n1. The van der Waals surface area contributed by atoms with Crippen molar-refractivity contribution >= 4 is 17.2 Å². The van der Waals surface area contributed by atoms with Crippen molar-refractivity contribution in [3.8, 4) is 10.6 Å². The topological polar surface area (TPSA) is 45.2 Å². The molecule has 1 saturated heterocycles. The maximum atomic E-state index is 13.3. The van der Waals surface area contributed by atoms with Crippen molar-refractivity contribution in [1.82, 2.24) is 15.2 Å². The molecule has 1 atom stereocenters. The third-order valence-corrected chi connectivity index (χ3v) is 5.44. The molecule has 1 fully saturated rings. The van der Waals surface area contributed by atoms with E-state index in [4.69, 9.17) is 0 Å². The molecule has 1 amide bonds. The van der Waals surface area contributed by atoms with Crippen molar-refractivity contribution in [1.29, 1.82) is 0 Å². The molecule has 1 aromatic carbocycles. The lowest BCUT2D eigenvalue weighted by Crippen LogP contribution is -2.43. The molecule has 1 aromatic heterocycles. The first-order chi connectivity index (χ1) is 12.1. The molecule has 0 unspecified atom stereocenters. The standard InChI is InChI=1S/C19H24FN3OS/c1-2-16(12-23-8-3-4-9-23)21-18(24)11-17-13-25-19(22-17)14-6-5-7-15(20)10-14/h5-7,10,13,16H,2-4,8-9,11-12H2,1H3,(H,21,24)/t16-/m0/s1. The fourth-order valence-corrected chi connectivity index (χ4v) is 3.96. The van der Waals surface area contributed by atoms with Crippen molar-refractivity contribution in [3.05, 3.63) is 41.2 Å². The average Bonchev–Trinajstić information content (AvgIpc) is 3.26. The number of rotatable bonds is 7. The molecule has 3 rings (SSSR count). The first-order valence-electron chi connectivity index (χ1n) is 8.86. The lowest BCUT2D eigenvalue weighted by atomic mass is 10.2. The summed E-state index contributed by atoms with van der Waals surface area (Å²) in [5, 5.41) is 5.74. The molecule has 4 nitrogen and oxygen atoms in total. The van der Waals surface area contributed by atoms with Crippen LogP contribution in [0.15, 0.2) is 29.6 Å². The Labute approximate surface area is 152 Å². The van der Waals surface area contributed by atoms with E-state index in [-0.39, 0.29) is 24.2 Å². The zero-order valence-electron chi connectivity index (χ0n) is 14.5. The van der Waals surface area contributed by atoms with Gasteiger partial charge >= 0.3 is 0 Å². The van der Waals surface area contributed by atoms with Crippen LogP contribution in [0.3, 0.4) is 0 Å². The quantitative estimate of drug-likeness (QED) is 0.821. The number of nitrogens with one attached hydrogen (secondary N) is 1. The molecule has 0 bridgehead atoms. The molecule has 0 spiro atoms. The summed E-state index contributed by atoms with van der Waals surface area (Å²) < 4.78 is 13.3. The summed E-state index contributed by atoms with van der Waals surface area (Å²) in [6, 6.07) is 6.56. The number of aromatic nitrogens is 1. The number of carbonyl (C=O) groups excluding carboxylic acids is 1. The van der Waals surface area contributed by atoms with Crippen LogP contribution in [0.25, 0.3) is 10.6 Å². The fraction of sp³-hybridized carbons (Fsp3) is 0.474. The zero-order chi connectivity index (χ0) is 17.6. The van der Waals surface area contributed by atoms with Crippen molar-refractivity contribution in [2.45, 2.75) is 38.6 Å². The molecule has 25 heavy (non-hydrogen) atoms. The summed E-state index contributed by atoms with van der Waals surface area (Å²) in [6.07, 6.45) is 3.70. The van der Waals surface area contributed by atoms with Gasteiger partial charge < -0.3 is 10.2 Å². The molecule has 2 aromatic rings. The highest BCUT2D eigenvalue weighted by molar-refractivity contribution is 7.13. The van der Waals surface area contributed by atoms with Crippen LogP contribution in [0.4, 0.5) is 4.39 Å². The Kier molecular flexibility index (Phi) is 6.15. The summed E-state index contributed by atoms with van der Waals surface area (Å²) in [6.45, 7) is 5.30. The van der Waals surface area contributed by atoms with Gasteiger partial charge in [0, 0.05) is 23.5 Å². The third kappa shape index (κ3) is 5.09. The second kappa shape index (κ2) is 8.54. The predicted octanol–water partition coefficient (Wildman–Crippen LogP) is 3.48. The summed E-state index contributed by atoms with van der Waals surface area (Å²) in [5.74, 6) is -0.276. The van der Waals surface area contributed by atoms with E-state index >= 15 is 0 Å². The van der Waals surface area contributed by atoms with E-state index < -0.39 is 0 Å². The number of thiazole rings is 1. The molecule has 0 aliphatic carbocycles. The Hall–Kier alpha value is -1.79. The van der Waals surface area contributed by atoms with Gasteiger partial charge in [0.05, 0.1) is 12.1 Å². The number of likely N-dealkylation sites (tertiary alicyclic amines) is 1. The highest BCUT2D eigenvalue weighted by Gasteiger charge is 2.18. The van der Waals surface area contributed by atoms with Crippen LogP contribution in [0.2, 0.25) is 0 Å². The molecule has 6 heteroatoms. The van der Waals surface area contributed by atoms with Gasteiger partial charge in [-0.3, -0.25) is 4.79 Å². The van der Waals surface area contributed by atoms with Gasteiger partial charge in [0.1, 0.15) is 10.8 Å². The molecule has 1 aliphatic heterocycles. The molecular formula is C19H24FN3OS. The number of hydrogen-bond donors (Lipinski definition) is 1. The molecule has 0 radical (unpaired) electrons. The van der Waals surface area contributed by atoms with Gasteiger partial charge in [0.2, 0.25) is 5.91 Å². The zero-order valence-corrected chi connectivity index (χ0v) is 15.3. The fourth-order valence-electron chi connectivity index (χ4n) is 3.14. The number of carbonyl (C=O) groups is 1. The van der Waals surface area contributed by atoms with Crippen molar-refractivity contribution in [2.24, 2.45) is 0 Å². The van der Waals surface area contributed by atoms with E-state index in [0.717, 1.165) is 42.3 Å². The van der Waals surface area contributed by atoms with Gasteiger partial charge in [-0.1, -0.05) is 19.1 Å². The summed E-state index contributed by atoms with van der Waals surface area (Å²) in [5.41, 5.74) is 1.48. The second-order valence-corrected chi connectivity index (χ2v) is 7.37. The van der Waals surface area contributed by atoms with Crippen LogP contribution >= 0.6 is 11.3 Å². The van der Waals surface area contributed by atoms with Crippen LogP contribution in [-0.4, -0.2) is 41.5 Å². The van der Waals surface area contributed by atoms with Crippen molar-refractivity contribution in [2.75, 3.05) is 19.6 Å². The number of amides is 1. The largest absolute Gasteiger partial charge is 0.352 e. The third-order valence-electron chi connectivity index (χ3n) is 4.50. The molecular weight excluding hydrogens is 337 g/mol. The van der Waals surface area contributed by atoms with Crippen LogP contribution in [0.1, 0.15) is 31.9 Å². The van der Waals surface area contributed by atoms with Crippen LogP contribution in [-0.2, 0) is 11.2 Å². The first kappa shape index (κ1) is 18.0. The summed E-state index contributed by atoms with van der Waals surface area (Å²) in [4.78, 5) is 19.2. The smallest absolute Gasteiger partial charge is 0.226 e.